The largest absolute Gasteiger partial charge is 0.326 e. The van der Waals surface area contributed by atoms with Gasteiger partial charge in [-0.05, 0) is 47.0 Å². The molecule has 1 heterocycles. The topological polar surface area (TPSA) is 49.8 Å². The van der Waals surface area contributed by atoms with Crippen molar-refractivity contribution in [1.82, 2.24) is 0 Å². The Hall–Kier alpha value is -2.49. The Morgan fingerprint density at radius 1 is 1.00 bits per heavy atom. The van der Waals surface area contributed by atoms with E-state index in [1.165, 1.54) is 11.8 Å². The lowest BCUT2D eigenvalue weighted by molar-refractivity contribution is 0.485. The van der Waals surface area contributed by atoms with Gasteiger partial charge in [-0.1, -0.05) is 12.1 Å². The van der Waals surface area contributed by atoms with E-state index in [0.717, 1.165) is 27.3 Å². The Morgan fingerprint density at radius 3 is 2.54 bits per heavy atom. The third-order valence-corrected chi connectivity index (χ3v) is 6.14. The minimum atomic E-state index is -1.21. The lowest BCUT2D eigenvalue weighted by atomic mass is 9.93. The van der Waals surface area contributed by atoms with Gasteiger partial charge in [0.15, 0.2) is 11.6 Å². The number of benzene rings is 3. The van der Waals surface area contributed by atoms with E-state index >= 15 is 0 Å². The van der Waals surface area contributed by atoms with E-state index in [9.17, 15) is 13.2 Å². The molecular formula is C20H13F3N2S. The van der Waals surface area contributed by atoms with Crippen molar-refractivity contribution in [2.75, 3.05) is 0 Å². The molecule has 1 aliphatic rings. The predicted molar refractivity (Wildman–Crippen MR) is 95.3 cm³/mol. The number of hydrogen-bond donors (Lipinski definition) is 1. The number of halogens is 3. The van der Waals surface area contributed by atoms with E-state index in [1.807, 2.05) is 24.3 Å². The van der Waals surface area contributed by atoms with Crippen LogP contribution in [-0.4, -0.2) is 6.04 Å². The minimum Gasteiger partial charge on any atom is -0.326 e. The molecule has 0 radical (unpaired) electrons. The highest BCUT2D eigenvalue weighted by molar-refractivity contribution is 7.99. The van der Waals surface area contributed by atoms with E-state index < -0.39 is 28.7 Å². The molecule has 6 heteroatoms. The molecular weight excluding hydrogens is 357 g/mol. The zero-order chi connectivity index (χ0) is 18.4. The van der Waals surface area contributed by atoms with Crippen molar-refractivity contribution in [3.05, 3.63) is 76.6 Å². The third kappa shape index (κ3) is 2.74. The molecule has 0 unspecified atom stereocenters. The van der Waals surface area contributed by atoms with Crippen molar-refractivity contribution in [3.8, 4) is 6.07 Å². The number of nitrogens with zero attached hydrogens (tertiary/aromatic N) is 1. The van der Waals surface area contributed by atoms with Crippen molar-refractivity contribution < 1.29 is 13.2 Å². The van der Waals surface area contributed by atoms with Gasteiger partial charge in [0.1, 0.15) is 5.82 Å². The van der Waals surface area contributed by atoms with E-state index in [2.05, 4.69) is 6.07 Å². The van der Waals surface area contributed by atoms with E-state index in [-0.39, 0.29) is 5.56 Å². The van der Waals surface area contributed by atoms with Crippen LogP contribution >= 0.6 is 11.8 Å². The average molecular weight is 370 g/mol. The highest BCUT2D eigenvalue weighted by Gasteiger charge is 2.31. The van der Waals surface area contributed by atoms with Crippen molar-refractivity contribution in [2.24, 2.45) is 5.73 Å². The summed E-state index contributed by atoms with van der Waals surface area (Å²) < 4.78 is 41.0. The molecule has 0 aliphatic carbocycles. The maximum Gasteiger partial charge on any atom is 0.161 e. The lowest BCUT2D eigenvalue weighted by Gasteiger charge is -2.31. The van der Waals surface area contributed by atoms with Gasteiger partial charge in [-0.3, -0.25) is 0 Å². The first kappa shape index (κ1) is 17.0. The van der Waals surface area contributed by atoms with Gasteiger partial charge in [0.05, 0.1) is 16.9 Å². The number of thioether (sulfide) groups is 1. The van der Waals surface area contributed by atoms with Crippen LogP contribution < -0.4 is 5.73 Å². The molecule has 2 nitrogen and oxygen atoms in total. The van der Waals surface area contributed by atoms with E-state index in [0.29, 0.717) is 18.1 Å². The van der Waals surface area contributed by atoms with Crippen LogP contribution in [0.2, 0.25) is 0 Å². The molecule has 0 amide bonds. The molecule has 2 N–H and O–H groups in total. The molecule has 1 aliphatic heterocycles. The summed E-state index contributed by atoms with van der Waals surface area (Å²) in [6.07, 6.45) is 0.481. The molecule has 0 fully saturated rings. The Labute approximate surface area is 152 Å². The molecule has 130 valence electrons. The summed E-state index contributed by atoms with van der Waals surface area (Å²) in [6.45, 7) is 0. The summed E-state index contributed by atoms with van der Waals surface area (Å²) in [6, 6.07) is 12.4. The number of nitriles is 1. The highest BCUT2D eigenvalue weighted by atomic mass is 32.2. The maximum absolute atomic E-state index is 14.2. The number of rotatable bonds is 1. The van der Waals surface area contributed by atoms with Gasteiger partial charge in [0.25, 0.3) is 0 Å². The Balaban J connectivity index is 1.79. The first-order valence-electron chi connectivity index (χ1n) is 8.00. The molecule has 0 bridgehead atoms. The fourth-order valence-corrected chi connectivity index (χ4v) is 4.72. The zero-order valence-electron chi connectivity index (χ0n) is 13.5. The van der Waals surface area contributed by atoms with Crippen LogP contribution in [0.25, 0.3) is 10.8 Å². The van der Waals surface area contributed by atoms with Crippen LogP contribution in [0.4, 0.5) is 13.2 Å². The Morgan fingerprint density at radius 2 is 1.77 bits per heavy atom. The summed E-state index contributed by atoms with van der Waals surface area (Å²) in [5.74, 6) is -3.08. The van der Waals surface area contributed by atoms with E-state index in [4.69, 9.17) is 11.0 Å². The molecule has 3 aromatic carbocycles. The fraction of sp³-hybridized carbons (Fsp3) is 0.150. The van der Waals surface area contributed by atoms with Crippen molar-refractivity contribution in [2.45, 2.75) is 22.6 Å². The van der Waals surface area contributed by atoms with Gasteiger partial charge in [0.2, 0.25) is 0 Å². The van der Waals surface area contributed by atoms with Gasteiger partial charge in [-0.25, -0.2) is 13.2 Å². The molecule has 0 spiro atoms. The molecule has 26 heavy (non-hydrogen) atoms. The quantitative estimate of drug-likeness (QED) is 0.623. The predicted octanol–water partition coefficient (Wildman–Crippen LogP) is 4.85. The SMILES string of the molecule is N#Cc1ccc2c3c(ccc2c1)S[C@H](c1cc(F)c(F)cc1F)[C@@H](N)C3. The maximum atomic E-state index is 14.2. The summed E-state index contributed by atoms with van der Waals surface area (Å²) in [5, 5.41) is 10.5. The number of nitrogens with two attached hydrogens (primary N) is 1. The fourth-order valence-electron chi connectivity index (χ4n) is 3.38. The van der Waals surface area contributed by atoms with Gasteiger partial charge >= 0.3 is 0 Å². The second kappa shape index (κ2) is 6.35. The number of hydrogen-bond acceptors (Lipinski definition) is 3. The summed E-state index contributed by atoms with van der Waals surface area (Å²) in [5.41, 5.74) is 7.96. The Kier molecular flexibility index (Phi) is 4.14. The normalized spacial score (nSPS) is 19.2. The molecule has 4 rings (SSSR count). The second-order valence-corrected chi connectivity index (χ2v) is 7.47. The first-order chi connectivity index (χ1) is 12.5. The smallest absolute Gasteiger partial charge is 0.161 e. The van der Waals surface area contributed by atoms with Gasteiger partial charge < -0.3 is 5.73 Å². The van der Waals surface area contributed by atoms with E-state index in [1.54, 1.807) is 6.07 Å². The highest BCUT2D eigenvalue weighted by Crippen LogP contribution is 2.47. The van der Waals surface area contributed by atoms with Crippen molar-refractivity contribution >= 4 is 22.5 Å². The molecule has 0 saturated heterocycles. The molecule has 3 aromatic rings. The third-order valence-electron chi connectivity index (χ3n) is 4.65. The average Bonchev–Trinajstić information content (AvgIpc) is 2.64. The minimum absolute atomic E-state index is 0.0759. The summed E-state index contributed by atoms with van der Waals surface area (Å²) in [4.78, 5) is 0.929. The first-order valence-corrected chi connectivity index (χ1v) is 8.88. The van der Waals surface area contributed by atoms with Crippen LogP contribution in [0, 0.1) is 28.8 Å². The van der Waals surface area contributed by atoms with Crippen LogP contribution in [0.3, 0.4) is 0 Å². The Bertz CT molecular complexity index is 1070. The van der Waals surface area contributed by atoms with Gasteiger partial charge in [-0.2, -0.15) is 5.26 Å². The van der Waals surface area contributed by atoms with Crippen LogP contribution in [0.15, 0.2) is 47.4 Å². The van der Waals surface area contributed by atoms with Crippen molar-refractivity contribution in [1.29, 1.82) is 5.26 Å². The van der Waals surface area contributed by atoms with Crippen LogP contribution in [0.5, 0.6) is 0 Å². The van der Waals surface area contributed by atoms with Gasteiger partial charge in [-0.15, -0.1) is 11.8 Å². The molecule has 0 aromatic heterocycles. The molecule has 2 atom stereocenters. The molecule has 0 saturated carbocycles. The van der Waals surface area contributed by atoms with Crippen LogP contribution in [-0.2, 0) is 6.42 Å². The standard InChI is InChI=1S/C20H13F3N2S/c21-15-8-17(23)16(22)6-14(15)20-18(25)7-13-12-3-1-10(9-24)5-11(12)2-4-19(13)26-20/h1-6,8,18,20H,7,25H2/t18-,20+/m0/s1. The lowest BCUT2D eigenvalue weighted by Crippen LogP contribution is -2.32. The van der Waals surface area contributed by atoms with Gasteiger partial charge in [0, 0.05) is 22.6 Å². The number of fused-ring (bicyclic) bond motifs is 3. The monoisotopic (exact) mass is 370 g/mol. The summed E-state index contributed by atoms with van der Waals surface area (Å²) in [7, 11) is 0. The zero-order valence-corrected chi connectivity index (χ0v) is 14.3. The van der Waals surface area contributed by atoms with Crippen molar-refractivity contribution in [3.63, 3.8) is 0 Å². The van der Waals surface area contributed by atoms with Crippen LogP contribution in [0.1, 0.15) is 21.9 Å². The summed E-state index contributed by atoms with van der Waals surface area (Å²) >= 11 is 1.35. The second-order valence-electron chi connectivity index (χ2n) is 6.28.